The molecule has 1 atom stereocenters. The van der Waals surface area contributed by atoms with Gasteiger partial charge in [-0.25, -0.2) is 14.3 Å². The smallest absolute Gasteiger partial charge is 0.165 e. The molecule has 2 aromatic heterocycles. The first-order valence-electron chi connectivity index (χ1n) is 7.22. The van der Waals surface area contributed by atoms with Crippen molar-refractivity contribution in [3.05, 3.63) is 18.0 Å². The maximum atomic E-state index is 4.24. The van der Waals surface area contributed by atoms with Gasteiger partial charge in [0.1, 0.15) is 12.2 Å². The van der Waals surface area contributed by atoms with E-state index in [9.17, 15) is 0 Å². The molecule has 8 nitrogen and oxygen atoms in total. The zero-order chi connectivity index (χ0) is 13.8. The molecule has 108 valence electrons. The minimum atomic E-state index is 0.403. The number of hydrogen-bond donors (Lipinski definition) is 1. The predicted molar refractivity (Wildman–Crippen MR) is 71.7 cm³/mol. The quantitative estimate of drug-likeness (QED) is 0.809. The summed E-state index contributed by atoms with van der Waals surface area (Å²) in [6.45, 7) is 4.62. The zero-order valence-corrected chi connectivity index (χ0v) is 11.7. The van der Waals surface area contributed by atoms with Gasteiger partial charge in [-0.15, -0.1) is 5.10 Å². The summed E-state index contributed by atoms with van der Waals surface area (Å²) in [7, 11) is 0. The number of hydrogen-bond acceptors (Lipinski definition) is 6. The topological polar surface area (TPSA) is 86.3 Å². The van der Waals surface area contributed by atoms with Crippen molar-refractivity contribution in [2.75, 3.05) is 0 Å². The van der Waals surface area contributed by atoms with E-state index in [1.54, 1.807) is 6.33 Å². The van der Waals surface area contributed by atoms with Crippen LogP contribution in [0.3, 0.4) is 0 Å². The standard InChI is InChI=1S/C12H20N8/c1-2-3-6-19-12(16-17-18-19)7-13-10-4-5-11-14-9-15-20(11)8-10/h9-10,13H,2-8H2,1H3/t10-/m0/s1. The van der Waals surface area contributed by atoms with E-state index >= 15 is 0 Å². The molecule has 0 saturated carbocycles. The molecule has 2 aromatic rings. The van der Waals surface area contributed by atoms with Crippen LogP contribution in [0.25, 0.3) is 0 Å². The van der Waals surface area contributed by atoms with E-state index in [-0.39, 0.29) is 0 Å². The molecule has 1 aliphatic rings. The van der Waals surface area contributed by atoms with Crippen molar-refractivity contribution in [1.82, 2.24) is 40.3 Å². The van der Waals surface area contributed by atoms with Gasteiger partial charge in [0.05, 0.1) is 13.1 Å². The molecule has 0 amide bonds. The summed E-state index contributed by atoms with van der Waals surface area (Å²) in [4.78, 5) is 4.24. The first kappa shape index (κ1) is 13.2. The van der Waals surface area contributed by atoms with E-state index in [4.69, 9.17) is 0 Å². The Labute approximate surface area is 117 Å². The molecule has 0 unspecified atom stereocenters. The molecule has 0 aromatic carbocycles. The van der Waals surface area contributed by atoms with Crippen LogP contribution in [0.4, 0.5) is 0 Å². The van der Waals surface area contributed by atoms with E-state index in [1.807, 2.05) is 9.36 Å². The average molecular weight is 276 g/mol. The Morgan fingerprint density at radius 3 is 3.30 bits per heavy atom. The summed E-state index contributed by atoms with van der Waals surface area (Å²) in [5.41, 5.74) is 0. The maximum absolute atomic E-state index is 4.24. The lowest BCUT2D eigenvalue weighted by Gasteiger charge is -2.23. The van der Waals surface area contributed by atoms with Crippen molar-refractivity contribution in [1.29, 1.82) is 0 Å². The number of tetrazole rings is 1. The Kier molecular flexibility index (Phi) is 4.00. The Bertz CT molecular complexity index is 545. The highest BCUT2D eigenvalue weighted by atomic mass is 15.5. The molecular weight excluding hydrogens is 256 g/mol. The Hall–Kier alpha value is -1.83. The third-order valence-electron chi connectivity index (χ3n) is 3.68. The van der Waals surface area contributed by atoms with Crippen LogP contribution in [-0.4, -0.2) is 41.0 Å². The lowest BCUT2D eigenvalue weighted by Crippen LogP contribution is -2.38. The molecular formula is C12H20N8. The maximum Gasteiger partial charge on any atom is 0.165 e. The van der Waals surface area contributed by atoms with Gasteiger partial charge < -0.3 is 5.32 Å². The monoisotopic (exact) mass is 276 g/mol. The van der Waals surface area contributed by atoms with Gasteiger partial charge in [0.2, 0.25) is 0 Å². The van der Waals surface area contributed by atoms with Gasteiger partial charge >= 0.3 is 0 Å². The summed E-state index contributed by atoms with van der Waals surface area (Å²) < 4.78 is 3.86. The van der Waals surface area contributed by atoms with E-state index in [0.717, 1.165) is 50.4 Å². The molecule has 0 radical (unpaired) electrons. The van der Waals surface area contributed by atoms with Crippen molar-refractivity contribution >= 4 is 0 Å². The second-order valence-electron chi connectivity index (χ2n) is 5.15. The molecule has 0 bridgehead atoms. The van der Waals surface area contributed by atoms with E-state index in [2.05, 4.69) is 37.8 Å². The fraction of sp³-hybridized carbons (Fsp3) is 0.750. The van der Waals surface area contributed by atoms with E-state index < -0.39 is 0 Å². The van der Waals surface area contributed by atoms with Crippen molar-refractivity contribution in [2.24, 2.45) is 0 Å². The third kappa shape index (κ3) is 2.84. The van der Waals surface area contributed by atoms with Crippen LogP contribution in [0, 0.1) is 0 Å². The van der Waals surface area contributed by atoms with Gasteiger partial charge in [-0.05, 0) is 23.3 Å². The van der Waals surface area contributed by atoms with Crippen LogP contribution in [-0.2, 0) is 26.1 Å². The van der Waals surface area contributed by atoms with Crippen LogP contribution in [0.2, 0.25) is 0 Å². The number of nitrogens with one attached hydrogen (secondary N) is 1. The van der Waals surface area contributed by atoms with E-state index in [1.165, 1.54) is 0 Å². The van der Waals surface area contributed by atoms with Crippen LogP contribution in [0.1, 0.15) is 37.8 Å². The lowest BCUT2D eigenvalue weighted by atomic mass is 10.1. The van der Waals surface area contributed by atoms with Gasteiger partial charge in [0.15, 0.2) is 5.82 Å². The number of nitrogens with zero attached hydrogens (tertiary/aromatic N) is 7. The summed E-state index contributed by atoms with van der Waals surface area (Å²) in [5, 5.41) is 19.6. The lowest BCUT2D eigenvalue weighted by molar-refractivity contribution is 0.351. The molecule has 0 aliphatic carbocycles. The normalized spacial score (nSPS) is 18.1. The fourth-order valence-electron chi connectivity index (χ4n) is 2.47. The second-order valence-corrected chi connectivity index (χ2v) is 5.15. The Morgan fingerprint density at radius 1 is 1.45 bits per heavy atom. The SMILES string of the molecule is CCCCn1nnnc1CN[C@H]1CCc2ncnn2C1. The Balaban J connectivity index is 1.54. The number of rotatable bonds is 6. The Morgan fingerprint density at radius 2 is 2.40 bits per heavy atom. The molecule has 20 heavy (non-hydrogen) atoms. The summed E-state index contributed by atoms with van der Waals surface area (Å²) in [5.74, 6) is 1.98. The highest BCUT2D eigenvalue weighted by molar-refractivity contribution is 4.93. The molecule has 3 heterocycles. The highest BCUT2D eigenvalue weighted by Crippen LogP contribution is 2.11. The van der Waals surface area contributed by atoms with Gasteiger partial charge in [0.25, 0.3) is 0 Å². The van der Waals surface area contributed by atoms with Crippen molar-refractivity contribution in [2.45, 2.75) is 58.3 Å². The molecule has 0 saturated heterocycles. The molecule has 3 rings (SSSR count). The second kappa shape index (κ2) is 6.08. The summed E-state index contributed by atoms with van der Waals surface area (Å²) in [6.07, 6.45) is 5.92. The largest absolute Gasteiger partial charge is 0.305 e. The minimum Gasteiger partial charge on any atom is -0.305 e. The number of unbranched alkanes of at least 4 members (excludes halogenated alkanes) is 1. The summed E-state index contributed by atoms with van der Waals surface area (Å²) >= 11 is 0. The van der Waals surface area contributed by atoms with E-state index in [0.29, 0.717) is 12.6 Å². The molecule has 0 spiro atoms. The molecule has 8 heteroatoms. The first-order valence-corrected chi connectivity index (χ1v) is 7.22. The van der Waals surface area contributed by atoms with Crippen molar-refractivity contribution in [3.8, 4) is 0 Å². The first-order chi connectivity index (χ1) is 9.86. The zero-order valence-electron chi connectivity index (χ0n) is 11.7. The highest BCUT2D eigenvalue weighted by Gasteiger charge is 2.19. The van der Waals surface area contributed by atoms with Crippen LogP contribution in [0.15, 0.2) is 6.33 Å². The predicted octanol–water partition coefficient (Wildman–Crippen LogP) is 0.169. The fourth-order valence-corrected chi connectivity index (χ4v) is 2.47. The van der Waals surface area contributed by atoms with Crippen molar-refractivity contribution < 1.29 is 0 Å². The summed E-state index contributed by atoms with van der Waals surface area (Å²) in [6, 6.07) is 0.403. The average Bonchev–Trinajstić information content (AvgIpc) is 3.11. The molecule has 0 fully saturated rings. The molecule has 1 N–H and O–H groups in total. The van der Waals surface area contributed by atoms with Gasteiger partial charge in [-0.1, -0.05) is 13.3 Å². The molecule has 1 aliphatic heterocycles. The van der Waals surface area contributed by atoms with Gasteiger partial charge in [-0.2, -0.15) is 5.10 Å². The van der Waals surface area contributed by atoms with Gasteiger partial charge in [0, 0.05) is 19.0 Å². The number of aromatic nitrogens is 7. The number of aryl methyl sites for hydroxylation is 2. The van der Waals surface area contributed by atoms with Crippen molar-refractivity contribution in [3.63, 3.8) is 0 Å². The van der Waals surface area contributed by atoms with Crippen LogP contribution >= 0.6 is 0 Å². The minimum absolute atomic E-state index is 0.403. The van der Waals surface area contributed by atoms with Crippen LogP contribution < -0.4 is 5.32 Å². The van der Waals surface area contributed by atoms with Crippen LogP contribution in [0.5, 0.6) is 0 Å². The number of fused-ring (bicyclic) bond motifs is 1. The van der Waals surface area contributed by atoms with Gasteiger partial charge in [-0.3, -0.25) is 0 Å². The third-order valence-corrected chi connectivity index (χ3v) is 3.68.